The molecule has 1 aromatic carbocycles. The third kappa shape index (κ3) is 3.03. The second-order valence-electron chi connectivity index (χ2n) is 4.02. The van der Waals surface area contributed by atoms with Gasteiger partial charge in [-0.2, -0.15) is 0 Å². The predicted octanol–water partition coefficient (Wildman–Crippen LogP) is 1.58. The summed E-state index contributed by atoms with van der Waals surface area (Å²) in [5, 5.41) is 7.64. The minimum atomic E-state index is -0.574. The number of carbonyl (C=O) groups excluding carboxylic acids is 2. The van der Waals surface area contributed by atoms with Gasteiger partial charge in [-0.15, -0.1) is 16.7 Å². The minimum absolute atomic E-state index is 0.184. The maximum absolute atomic E-state index is 11.7. The van der Waals surface area contributed by atoms with Gasteiger partial charge in [-0.05, 0) is 18.2 Å². The third-order valence-electron chi connectivity index (χ3n) is 2.76. The molecule has 0 fully saturated rings. The van der Waals surface area contributed by atoms with Gasteiger partial charge in [0.05, 0.1) is 48.8 Å². The minimum Gasteiger partial charge on any atom is -0.465 e. The van der Waals surface area contributed by atoms with E-state index in [0.717, 1.165) is 0 Å². The zero-order valence-electron chi connectivity index (χ0n) is 11.4. The normalized spacial score (nSPS) is 10.2. The number of hydrogen-bond donors (Lipinski definition) is 0. The van der Waals surface area contributed by atoms with Gasteiger partial charge in [0.2, 0.25) is 0 Å². The molecule has 0 saturated carbocycles. The molecule has 0 aliphatic heterocycles. The first-order chi connectivity index (χ1) is 10.1. The molecular weight excluding hydrogens is 298 g/mol. The standard InChI is InChI=1S/C13H12ClN3O4/c1-20-12(18)8-3-9(13(19)21-2)5-10(4-8)17-11(6-14)7-15-16-17/h3-5,7H,6H2,1-2H3. The van der Waals surface area contributed by atoms with Crippen molar-refractivity contribution < 1.29 is 19.1 Å². The van der Waals surface area contributed by atoms with Gasteiger partial charge in [0, 0.05) is 0 Å². The molecule has 1 aromatic heterocycles. The van der Waals surface area contributed by atoms with Crippen LogP contribution in [-0.4, -0.2) is 41.2 Å². The molecule has 21 heavy (non-hydrogen) atoms. The average Bonchev–Trinajstić information content (AvgIpc) is 3.01. The van der Waals surface area contributed by atoms with Crippen molar-refractivity contribution in [3.8, 4) is 5.69 Å². The van der Waals surface area contributed by atoms with Crippen LogP contribution < -0.4 is 0 Å². The van der Waals surface area contributed by atoms with Crippen molar-refractivity contribution >= 4 is 23.5 Å². The van der Waals surface area contributed by atoms with E-state index in [0.29, 0.717) is 11.4 Å². The Hall–Kier alpha value is -2.41. The fourth-order valence-corrected chi connectivity index (χ4v) is 1.95. The van der Waals surface area contributed by atoms with E-state index in [9.17, 15) is 9.59 Å². The first kappa shape index (κ1) is 15.0. The monoisotopic (exact) mass is 309 g/mol. The summed E-state index contributed by atoms with van der Waals surface area (Å²) in [5.74, 6) is -0.965. The Labute approximate surface area is 125 Å². The molecule has 0 saturated heterocycles. The second kappa shape index (κ2) is 6.36. The highest BCUT2D eigenvalue weighted by molar-refractivity contribution is 6.16. The number of ether oxygens (including phenoxy) is 2. The van der Waals surface area contributed by atoms with E-state index in [2.05, 4.69) is 19.8 Å². The van der Waals surface area contributed by atoms with Crippen molar-refractivity contribution in [2.45, 2.75) is 5.88 Å². The van der Waals surface area contributed by atoms with Crippen molar-refractivity contribution in [2.24, 2.45) is 0 Å². The van der Waals surface area contributed by atoms with Gasteiger partial charge in [0.1, 0.15) is 0 Å². The number of halogens is 1. The first-order valence-electron chi connectivity index (χ1n) is 5.88. The maximum atomic E-state index is 11.7. The van der Waals surface area contributed by atoms with Gasteiger partial charge < -0.3 is 9.47 Å². The number of aromatic nitrogens is 3. The van der Waals surface area contributed by atoms with Crippen LogP contribution in [0.25, 0.3) is 5.69 Å². The second-order valence-corrected chi connectivity index (χ2v) is 4.29. The number of hydrogen-bond acceptors (Lipinski definition) is 6. The van der Waals surface area contributed by atoms with Crippen molar-refractivity contribution in [1.29, 1.82) is 0 Å². The lowest BCUT2D eigenvalue weighted by Crippen LogP contribution is -2.10. The van der Waals surface area contributed by atoms with Crippen LogP contribution in [-0.2, 0) is 15.4 Å². The summed E-state index contributed by atoms with van der Waals surface area (Å²) in [4.78, 5) is 23.4. The highest BCUT2D eigenvalue weighted by Gasteiger charge is 2.16. The van der Waals surface area contributed by atoms with Gasteiger partial charge in [-0.3, -0.25) is 0 Å². The largest absolute Gasteiger partial charge is 0.465 e. The van der Waals surface area contributed by atoms with Crippen molar-refractivity contribution in [3.05, 3.63) is 41.2 Å². The van der Waals surface area contributed by atoms with E-state index in [-0.39, 0.29) is 17.0 Å². The Kier molecular flexibility index (Phi) is 4.54. The Morgan fingerprint density at radius 1 is 1.14 bits per heavy atom. The Bertz CT molecular complexity index is 650. The molecule has 0 radical (unpaired) electrons. The number of esters is 2. The van der Waals surface area contributed by atoms with E-state index in [1.807, 2.05) is 0 Å². The molecule has 0 aliphatic carbocycles. The molecule has 0 atom stereocenters. The number of nitrogens with zero attached hydrogens (tertiary/aromatic N) is 3. The van der Waals surface area contributed by atoms with E-state index in [1.54, 1.807) is 0 Å². The zero-order chi connectivity index (χ0) is 15.4. The van der Waals surface area contributed by atoms with Crippen LogP contribution in [0, 0.1) is 0 Å². The molecule has 2 rings (SSSR count). The molecule has 0 amide bonds. The van der Waals surface area contributed by atoms with E-state index in [1.165, 1.54) is 43.3 Å². The quantitative estimate of drug-likeness (QED) is 0.630. The molecular formula is C13H12ClN3O4. The van der Waals surface area contributed by atoms with Crippen LogP contribution in [0.1, 0.15) is 26.4 Å². The van der Waals surface area contributed by atoms with Crippen LogP contribution >= 0.6 is 11.6 Å². The molecule has 0 spiro atoms. The van der Waals surface area contributed by atoms with E-state index in [4.69, 9.17) is 11.6 Å². The summed E-state index contributed by atoms with van der Waals surface area (Å²) in [5.41, 5.74) is 1.48. The lowest BCUT2D eigenvalue weighted by molar-refractivity contribution is 0.0599. The van der Waals surface area contributed by atoms with Gasteiger partial charge in [-0.1, -0.05) is 5.21 Å². The molecule has 0 N–H and O–H groups in total. The lowest BCUT2D eigenvalue weighted by atomic mass is 10.1. The SMILES string of the molecule is COC(=O)c1cc(C(=O)OC)cc(-n2nncc2CCl)c1. The van der Waals surface area contributed by atoms with Crippen LogP contribution in [0.2, 0.25) is 0 Å². The van der Waals surface area contributed by atoms with E-state index < -0.39 is 11.9 Å². The fraction of sp³-hybridized carbons (Fsp3) is 0.231. The summed E-state index contributed by atoms with van der Waals surface area (Å²) < 4.78 is 10.8. The molecule has 7 nitrogen and oxygen atoms in total. The topological polar surface area (TPSA) is 83.3 Å². The zero-order valence-corrected chi connectivity index (χ0v) is 12.1. The number of rotatable bonds is 4. The third-order valence-corrected chi connectivity index (χ3v) is 3.04. The summed E-state index contributed by atoms with van der Waals surface area (Å²) in [7, 11) is 2.51. The van der Waals surface area contributed by atoms with Crippen LogP contribution in [0.5, 0.6) is 0 Å². The Morgan fingerprint density at radius 3 is 2.19 bits per heavy atom. The molecule has 110 valence electrons. The molecule has 1 heterocycles. The number of carbonyl (C=O) groups is 2. The highest BCUT2D eigenvalue weighted by Crippen LogP contribution is 2.18. The molecule has 8 heteroatoms. The van der Waals surface area contributed by atoms with Gasteiger partial charge in [-0.25, -0.2) is 14.3 Å². The Balaban J connectivity index is 2.60. The van der Waals surface area contributed by atoms with Crippen molar-refractivity contribution in [1.82, 2.24) is 15.0 Å². The average molecular weight is 310 g/mol. The molecule has 0 bridgehead atoms. The first-order valence-corrected chi connectivity index (χ1v) is 6.41. The summed E-state index contributed by atoms with van der Waals surface area (Å²) >= 11 is 5.80. The van der Waals surface area contributed by atoms with Crippen molar-refractivity contribution in [2.75, 3.05) is 14.2 Å². The maximum Gasteiger partial charge on any atom is 0.337 e. The van der Waals surface area contributed by atoms with E-state index >= 15 is 0 Å². The van der Waals surface area contributed by atoms with Gasteiger partial charge in [0.25, 0.3) is 0 Å². The predicted molar refractivity (Wildman–Crippen MR) is 73.6 cm³/mol. The number of benzene rings is 1. The summed E-state index contributed by atoms with van der Waals surface area (Å²) in [6, 6.07) is 4.45. The summed E-state index contributed by atoms with van der Waals surface area (Å²) in [6.07, 6.45) is 1.50. The Morgan fingerprint density at radius 2 is 1.71 bits per heavy atom. The van der Waals surface area contributed by atoms with Crippen LogP contribution in [0.15, 0.2) is 24.4 Å². The number of methoxy groups -OCH3 is 2. The fourth-order valence-electron chi connectivity index (χ4n) is 1.77. The van der Waals surface area contributed by atoms with Crippen LogP contribution in [0.3, 0.4) is 0 Å². The lowest BCUT2D eigenvalue weighted by Gasteiger charge is -2.09. The number of alkyl halides is 1. The molecule has 0 aliphatic rings. The van der Waals surface area contributed by atoms with Gasteiger partial charge in [0.15, 0.2) is 0 Å². The highest BCUT2D eigenvalue weighted by atomic mass is 35.5. The molecule has 0 unspecified atom stereocenters. The summed E-state index contributed by atoms with van der Waals surface area (Å²) in [6.45, 7) is 0. The molecule has 2 aromatic rings. The van der Waals surface area contributed by atoms with Crippen LogP contribution in [0.4, 0.5) is 0 Å². The smallest absolute Gasteiger partial charge is 0.337 e. The van der Waals surface area contributed by atoms with Crippen molar-refractivity contribution in [3.63, 3.8) is 0 Å². The van der Waals surface area contributed by atoms with Gasteiger partial charge >= 0.3 is 11.9 Å².